The summed E-state index contributed by atoms with van der Waals surface area (Å²) in [4.78, 5) is 0. The standard InChI is InChI=1S/C11H16B/c1-2-7-11-8-3-5-10(12-11)6-4-9-11/h7,10H,1,3-6,8-9H2. The largest absolute Gasteiger partial charge is 0.133 e. The van der Waals surface area contributed by atoms with Gasteiger partial charge in [-0.25, -0.2) is 0 Å². The molecule has 0 saturated carbocycles. The summed E-state index contributed by atoms with van der Waals surface area (Å²) < 4.78 is 0. The molecule has 0 atom stereocenters. The van der Waals surface area contributed by atoms with Crippen LogP contribution in [0.15, 0.2) is 18.4 Å². The average Bonchev–Trinajstić information content (AvgIpc) is 2.04. The number of allylic oxidation sites excluding steroid dienone is 1. The maximum absolute atomic E-state index is 3.70. The predicted molar refractivity (Wildman–Crippen MR) is 53.6 cm³/mol. The van der Waals surface area contributed by atoms with Crippen LogP contribution < -0.4 is 0 Å². The summed E-state index contributed by atoms with van der Waals surface area (Å²) in [5.74, 6) is 0.900. The minimum Gasteiger partial charge on any atom is -0.133 e. The molecule has 2 heterocycles. The molecule has 1 heteroatoms. The SMILES string of the molecule is C=C=CC12[B]C(CCC1)CCC2. The number of hydrogen-bond acceptors (Lipinski definition) is 0. The lowest BCUT2D eigenvalue weighted by Gasteiger charge is -2.42. The Morgan fingerprint density at radius 1 is 1.33 bits per heavy atom. The Hall–Kier alpha value is -0.415. The zero-order valence-electron chi connectivity index (χ0n) is 7.68. The van der Waals surface area contributed by atoms with Crippen molar-refractivity contribution < 1.29 is 0 Å². The first kappa shape index (κ1) is 8.20. The fourth-order valence-electron chi connectivity index (χ4n) is 2.85. The Bertz CT molecular complexity index is 203. The fourth-order valence-corrected chi connectivity index (χ4v) is 2.85. The zero-order chi connectivity index (χ0) is 8.44. The molecule has 2 bridgehead atoms. The van der Waals surface area contributed by atoms with Gasteiger partial charge in [-0.2, -0.15) is 0 Å². The van der Waals surface area contributed by atoms with Crippen molar-refractivity contribution in [1.29, 1.82) is 0 Å². The molecule has 12 heavy (non-hydrogen) atoms. The summed E-state index contributed by atoms with van der Waals surface area (Å²) in [5, 5.41) is 0.406. The van der Waals surface area contributed by atoms with E-state index >= 15 is 0 Å². The summed E-state index contributed by atoms with van der Waals surface area (Å²) in [6.45, 7) is 3.70. The average molecular weight is 159 g/mol. The minimum absolute atomic E-state index is 0.406. The monoisotopic (exact) mass is 159 g/mol. The molecule has 0 aromatic heterocycles. The van der Waals surface area contributed by atoms with Crippen LogP contribution in [0, 0.1) is 0 Å². The van der Waals surface area contributed by atoms with Crippen molar-refractivity contribution in [3.05, 3.63) is 18.4 Å². The first-order valence-electron chi connectivity index (χ1n) is 5.08. The van der Waals surface area contributed by atoms with Gasteiger partial charge in [0.1, 0.15) is 7.28 Å². The van der Waals surface area contributed by atoms with Gasteiger partial charge in [0, 0.05) is 0 Å². The van der Waals surface area contributed by atoms with Crippen LogP contribution in [0.2, 0.25) is 11.1 Å². The van der Waals surface area contributed by atoms with E-state index in [9.17, 15) is 0 Å². The molecule has 2 saturated heterocycles. The second kappa shape index (κ2) is 3.14. The highest BCUT2D eigenvalue weighted by Gasteiger charge is 2.37. The summed E-state index contributed by atoms with van der Waals surface area (Å²) in [5.41, 5.74) is 2.98. The van der Waals surface area contributed by atoms with Crippen LogP contribution in [0.3, 0.4) is 0 Å². The third-order valence-corrected chi connectivity index (χ3v) is 3.39. The van der Waals surface area contributed by atoms with Crippen LogP contribution in [0.1, 0.15) is 38.5 Å². The van der Waals surface area contributed by atoms with E-state index in [1.54, 1.807) is 0 Å². The Morgan fingerprint density at radius 2 is 2.00 bits per heavy atom. The van der Waals surface area contributed by atoms with E-state index in [1.807, 2.05) is 0 Å². The van der Waals surface area contributed by atoms with E-state index < -0.39 is 0 Å². The summed E-state index contributed by atoms with van der Waals surface area (Å²) >= 11 is 0. The Kier molecular flexibility index (Phi) is 2.15. The summed E-state index contributed by atoms with van der Waals surface area (Å²) in [7, 11) is 2.57. The maximum Gasteiger partial charge on any atom is 0.128 e. The second-order valence-electron chi connectivity index (χ2n) is 4.29. The molecule has 2 fully saturated rings. The highest BCUT2D eigenvalue weighted by Crippen LogP contribution is 2.51. The third kappa shape index (κ3) is 1.38. The van der Waals surface area contributed by atoms with E-state index in [2.05, 4.69) is 25.7 Å². The molecule has 0 amide bonds. The van der Waals surface area contributed by atoms with Crippen LogP contribution in [0.25, 0.3) is 0 Å². The Labute approximate surface area is 76.0 Å². The zero-order valence-corrected chi connectivity index (χ0v) is 7.68. The van der Waals surface area contributed by atoms with Crippen molar-refractivity contribution in [2.45, 2.75) is 49.7 Å². The number of rotatable bonds is 1. The van der Waals surface area contributed by atoms with Gasteiger partial charge >= 0.3 is 0 Å². The van der Waals surface area contributed by atoms with Crippen LogP contribution in [-0.4, -0.2) is 7.28 Å². The van der Waals surface area contributed by atoms with Gasteiger partial charge in [0.15, 0.2) is 0 Å². The highest BCUT2D eigenvalue weighted by atomic mass is 14.3. The third-order valence-electron chi connectivity index (χ3n) is 3.39. The molecule has 2 aliphatic heterocycles. The molecule has 63 valence electrons. The van der Waals surface area contributed by atoms with Gasteiger partial charge in [-0.05, 0) is 11.4 Å². The van der Waals surface area contributed by atoms with Gasteiger partial charge in [0.25, 0.3) is 0 Å². The molecular weight excluding hydrogens is 143 g/mol. The first-order chi connectivity index (χ1) is 5.85. The van der Waals surface area contributed by atoms with Crippen molar-refractivity contribution in [3.8, 4) is 0 Å². The van der Waals surface area contributed by atoms with Crippen LogP contribution >= 0.6 is 0 Å². The normalized spacial score (nSPS) is 39.5. The van der Waals surface area contributed by atoms with Crippen molar-refractivity contribution in [2.24, 2.45) is 0 Å². The van der Waals surface area contributed by atoms with Gasteiger partial charge in [-0.1, -0.05) is 50.9 Å². The van der Waals surface area contributed by atoms with Gasteiger partial charge in [0.05, 0.1) is 0 Å². The molecule has 0 aromatic rings. The predicted octanol–water partition coefficient (Wildman–Crippen LogP) is 3.35. The quantitative estimate of drug-likeness (QED) is 0.406. The van der Waals surface area contributed by atoms with E-state index in [1.165, 1.54) is 38.5 Å². The second-order valence-corrected chi connectivity index (χ2v) is 4.29. The fraction of sp³-hybridized carbons (Fsp3) is 0.727. The molecule has 0 spiro atoms. The molecule has 2 aliphatic rings. The van der Waals surface area contributed by atoms with Crippen LogP contribution in [0.5, 0.6) is 0 Å². The maximum atomic E-state index is 3.70. The molecule has 1 radical (unpaired) electrons. The topological polar surface area (TPSA) is 0 Å². The minimum atomic E-state index is 0.406. The molecule has 0 aliphatic carbocycles. The van der Waals surface area contributed by atoms with Crippen molar-refractivity contribution in [2.75, 3.05) is 0 Å². The van der Waals surface area contributed by atoms with Crippen LogP contribution in [0.4, 0.5) is 0 Å². The molecular formula is C11H16B. The first-order valence-corrected chi connectivity index (χ1v) is 5.08. The Morgan fingerprint density at radius 3 is 2.58 bits per heavy atom. The van der Waals surface area contributed by atoms with Gasteiger partial charge in [-0.3, -0.25) is 0 Å². The number of hydrogen-bond donors (Lipinski definition) is 0. The molecule has 0 nitrogen and oxygen atoms in total. The molecule has 0 N–H and O–H groups in total. The van der Waals surface area contributed by atoms with E-state index in [0.29, 0.717) is 5.31 Å². The van der Waals surface area contributed by atoms with Gasteiger partial charge in [-0.15, -0.1) is 5.73 Å². The van der Waals surface area contributed by atoms with Crippen molar-refractivity contribution in [1.82, 2.24) is 0 Å². The lowest BCUT2D eigenvalue weighted by molar-refractivity contribution is 0.398. The Balaban J connectivity index is 2.16. The molecule has 2 rings (SSSR count). The van der Waals surface area contributed by atoms with E-state index in [4.69, 9.17) is 0 Å². The van der Waals surface area contributed by atoms with Crippen molar-refractivity contribution in [3.63, 3.8) is 0 Å². The highest BCUT2D eigenvalue weighted by molar-refractivity contribution is 6.43. The lowest BCUT2D eigenvalue weighted by Crippen LogP contribution is -2.30. The van der Waals surface area contributed by atoms with Gasteiger partial charge < -0.3 is 0 Å². The smallest absolute Gasteiger partial charge is 0.128 e. The number of fused-ring (bicyclic) bond motifs is 2. The van der Waals surface area contributed by atoms with Crippen molar-refractivity contribution >= 4 is 7.28 Å². The van der Waals surface area contributed by atoms with E-state index in [-0.39, 0.29) is 0 Å². The summed E-state index contributed by atoms with van der Waals surface area (Å²) in [6.07, 6.45) is 10.5. The summed E-state index contributed by atoms with van der Waals surface area (Å²) in [6, 6.07) is 0. The van der Waals surface area contributed by atoms with E-state index in [0.717, 1.165) is 5.82 Å². The van der Waals surface area contributed by atoms with Crippen LogP contribution in [-0.2, 0) is 0 Å². The lowest BCUT2D eigenvalue weighted by atomic mass is 9.36. The molecule has 0 unspecified atom stereocenters. The van der Waals surface area contributed by atoms with Gasteiger partial charge in [0.2, 0.25) is 0 Å². The molecule has 0 aromatic carbocycles.